The van der Waals surface area contributed by atoms with Crippen molar-refractivity contribution in [1.29, 1.82) is 0 Å². The van der Waals surface area contributed by atoms with Crippen LogP contribution in [0.1, 0.15) is 10.7 Å². The molecule has 0 aliphatic rings. The van der Waals surface area contributed by atoms with Crippen LogP contribution >= 0.6 is 27.3 Å². The van der Waals surface area contributed by atoms with Gasteiger partial charge in [-0.05, 0) is 25.1 Å². The molecule has 0 saturated heterocycles. The van der Waals surface area contributed by atoms with Gasteiger partial charge in [-0.25, -0.2) is 9.97 Å². The molecule has 0 unspecified atom stereocenters. The summed E-state index contributed by atoms with van der Waals surface area (Å²) >= 11 is 5.09. The van der Waals surface area contributed by atoms with E-state index in [1.54, 1.807) is 11.3 Å². The third kappa shape index (κ3) is 2.09. The minimum absolute atomic E-state index is 0.473. The molecule has 2 heterocycles. The molecule has 6 heteroatoms. The van der Waals surface area contributed by atoms with Gasteiger partial charge in [0, 0.05) is 18.1 Å². The number of thiazole rings is 1. The van der Waals surface area contributed by atoms with Crippen molar-refractivity contribution >= 4 is 38.3 Å². The van der Waals surface area contributed by atoms with Crippen molar-refractivity contribution in [1.82, 2.24) is 14.5 Å². The van der Waals surface area contributed by atoms with Gasteiger partial charge in [0.1, 0.15) is 5.01 Å². The fourth-order valence-electron chi connectivity index (χ4n) is 2.12. The van der Waals surface area contributed by atoms with Gasteiger partial charge in [-0.2, -0.15) is 0 Å². The fourth-order valence-corrected chi connectivity index (χ4v) is 3.44. The molecular weight excluding hydrogens is 324 g/mol. The zero-order chi connectivity index (χ0) is 13.6. The molecule has 0 spiro atoms. The average Bonchev–Trinajstić information content (AvgIpc) is 2.90. The van der Waals surface area contributed by atoms with E-state index >= 15 is 0 Å². The lowest BCUT2D eigenvalue weighted by molar-refractivity contribution is 0.958. The number of nitrogens with zero attached hydrogens (tertiary/aromatic N) is 3. The van der Waals surface area contributed by atoms with Crippen LogP contribution in [-0.2, 0) is 13.6 Å². The number of hydrogen-bond acceptors (Lipinski definition) is 4. The van der Waals surface area contributed by atoms with Crippen LogP contribution in [0, 0.1) is 6.92 Å². The van der Waals surface area contributed by atoms with Crippen LogP contribution in [0.3, 0.4) is 0 Å². The van der Waals surface area contributed by atoms with Crippen LogP contribution in [0.25, 0.3) is 21.7 Å². The summed E-state index contributed by atoms with van der Waals surface area (Å²) < 4.78 is 3.14. The van der Waals surface area contributed by atoms with E-state index in [9.17, 15) is 0 Å². The number of rotatable bonds is 2. The number of hydrogen-bond donors (Lipinski definition) is 1. The van der Waals surface area contributed by atoms with Gasteiger partial charge in [-0.3, -0.25) is 0 Å². The maximum Gasteiger partial charge on any atom is 0.152 e. The third-order valence-corrected chi connectivity index (χ3v) is 4.73. The molecule has 19 heavy (non-hydrogen) atoms. The Balaban J connectivity index is 2.24. The molecule has 2 N–H and O–H groups in total. The van der Waals surface area contributed by atoms with Crippen LogP contribution in [0.5, 0.6) is 0 Å². The highest BCUT2D eigenvalue weighted by molar-refractivity contribution is 9.10. The monoisotopic (exact) mass is 336 g/mol. The molecule has 1 aromatic carbocycles. The lowest BCUT2D eigenvalue weighted by Gasteiger charge is -2.00. The molecule has 0 saturated carbocycles. The SMILES string of the molecule is Cc1nc(CN)sc1-c1nc2cc(Br)ccc2n1C. The Morgan fingerprint density at radius 2 is 2.16 bits per heavy atom. The van der Waals surface area contributed by atoms with Crippen molar-refractivity contribution in [3.63, 3.8) is 0 Å². The van der Waals surface area contributed by atoms with Gasteiger partial charge in [-0.15, -0.1) is 11.3 Å². The van der Waals surface area contributed by atoms with Crippen LogP contribution in [0.15, 0.2) is 22.7 Å². The molecule has 0 radical (unpaired) electrons. The summed E-state index contributed by atoms with van der Waals surface area (Å²) in [5, 5.41) is 0.945. The van der Waals surface area contributed by atoms with E-state index < -0.39 is 0 Å². The molecule has 2 aromatic heterocycles. The molecule has 4 nitrogen and oxygen atoms in total. The molecule has 0 aliphatic carbocycles. The number of nitrogens with two attached hydrogens (primary N) is 1. The van der Waals surface area contributed by atoms with E-state index in [1.807, 2.05) is 26.1 Å². The topological polar surface area (TPSA) is 56.7 Å². The minimum Gasteiger partial charge on any atom is -0.326 e. The zero-order valence-corrected chi connectivity index (χ0v) is 13.0. The number of halogens is 1. The Bertz CT molecular complexity index is 759. The Labute approximate surface area is 123 Å². The Hall–Kier alpha value is -1.24. The van der Waals surface area contributed by atoms with Gasteiger partial charge in [0.25, 0.3) is 0 Å². The first kappa shape index (κ1) is 12.8. The molecule has 3 aromatic rings. The summed E-state index contributed by atoms with van der Waals surface area (Å²) in [5.74, 6) is 0.947. The third-order valence-electron chi connectivity index (χ3n) is 3.06. The molecular formula is C13H13BrN4S. The number of aromatic nitrogens is 3. The van der Waals surface area contributed by atoms with Gasteiger partial charge in [0.2, 0.25) is 0 Å². The maximum atomic E-state index is 5.66. The second kappa shape index (κ2) is 4.70. The van der Waals surface area contributed by atoms with Crippen LogP contribution in [0.2, 0.25) is 0 Å². The van der Waals surface area contributed by atoms with Gasteiger partial charge >= 0.3 is 0 Å². The van der Waals surface area contributed by atoms with Crippen LogP contribution in [0.4, 0.5) is 0 Å². The van der Waals surface area contributed by atoms with Crippen molar-refractivity contribution < 1.29 is 0 Å². The van der Waals surface area contributed by atoms with Crippen LogP contribution in [-0.4, -0.2) is 14.5 Å². The van der Waals surface area contributed by atoms with Crippen molar-refractivity contribution in [3.05, 3.63) is 33.4 Å². The van der Waals surface area contributed by atoms with Crippen molar-refractivity contribution in [2.45, 2.75) is 13.5 Å². The summed E-state index contributed by atoms with van der Waals surface area (Å²) in [6, 6.07) is 6.12. The average molecular weight is 337 g/mol. The number of imidazole rings is 1. The van der Waals surface area contributed by atoms with Gasteiger partial charge in [0.15, 0.2) is 5.82 Å². The molecule has 0 bridgehead atoms. The predicted octanol–water partition coefficient (Wildman–Crippen LogP) is 3.23. The molecule has 0 amide bonds. The van der Waals surface area contributed by atoms with Crippen molar-refractivity contribution in [3.8, 4) is 10.7 Å². The van der Waals surface area contributed by atoms with E-state index in [2.05, 4.69) is 31.5 Å². The first-order valence-corrected chi connectivity index (χ1v) is 7.50. The van der Waals surface area contributed by atoms with Gasteiger partial charge in [-0.1, -0.05) is 15.9 Å². The largest absolute Gasteiger partial charge is 0.326 e. The summed E-state index contributed by atoms with van der Waals surface area (Å²) in [4.78, 5) is 10.3. The smallest absolute Gasteiger partial charge is 0.152 e. The first-order valence-electron chi connectivity index (χ1n) is 5.89. The van der Waals surface area contributed by atoms with Crippen LogP contribution < -0.4 is 5.73 Å². The highest BCUT2D eigenvalue weighted by atomic mass is 79.9. The second-order valence-electron chi connectivity index (χ2n) is 4.35. The number of fused-ring (bicyclic) bond motifs is 1. The quantitative estimate of drug-likeness (QED) is 0.781. The second-order valence-corrected chi connectivity index (χ2v) is 6.35. The normalized spacial score (nSPS) is 11.4. The molecule has 3 rings (SSSR count). The predicted molar refractivity (Wildman–Crippen MR) is 82.2 cm³/mol. The van der Waals surface area contributed by atoms with E-state index in [-0.39, 0.29) is 0 Å². The molecule has 0 aliphatic heterocycles. The van der Waals surface area contributed by atoms with E-state index in [1.165, 1.54) is 0 Å². The summed E-state index contributed by atoms with van der Waals surface area (Å²) in [5.41, 5.74) is 8.74. The van der Waals surface area contributed by atoms with Gasteiger partial charge in [0.05, 0.1) is 21.6 Å². The number of benzene rings is 1. The summed E-state index contributed by atoms with van der Waals surface area (Å²) in [7, 11) is 2.03. The first-order chi connectivity index (χ1) is 9.10. The lowest BCUT2D eigenvalue weighted by Crippen LogP contribution is -1.94. The molecule has 0 fully saturated rings. The van der Waals surface area contributed by atoms with Gasteiger partial charge < -0.3 is 10.3 Å². The molecule has 98 valence electrons. The van der Waals surface area contributed by atoms with E-state index in [0.717, 1.165) is 36.9 Å². The fraction of sp³-hybridized carbons (Fsp3) is 0.231. The highest BCUT2D eigenvalue weighted by Gasteiger charge is 2.16. The minimum atomic E-state index is 0.473. The van der Waals surface area contributed by atoms with Crippen molar-refractivity contribution in [2.24, 2.45) is 12.8 Å². The number of aryl methyl sites for hydroxylation is 2. The summed E-state index contributed by atoms with van der Waals surface area (Å²) in [6.45, 7) is 2.47. The maximum absolute atomic E-state index is 5.66. The lowest BCUT2D eigenvalue weighted by atomic mass is 10.3. The Kier molecular flexibility index (Phi) is 3.16. The molecule has 0 atom stereocenters. The standard InChI is InChI=1S/C13H13BrN4S/c1-7-12(19-11(6-15)16-7)13-17-9-5-8(14)3-4-10(9)18(13)2/h3-5H,6,15H2,1-2H3. The highest BCUT2D eigenvalue weighted by Crippen LogP contribution is 2.31. The van der Waals surface area contributed by atoms with E-state index in [0.29, 0.717) is 6.54 Å². The van der Waals surface area contributed by atoms with Crippen molar-refractivity contribution in [2.75, 3.05) is 0 Å². The Morgan fingerprint density at radius 3 is 2.84 bits per heavy atom. The Morgan fingerprint density at radius 1 is 1.37 bits per heavy atom. The zero-order valence-electron chi connectivity index (χ0n) is 10.6. The van der Waals surface area contributed by atoms with E-state index in [4.69, 9.17) is 10.7 Å². The summed E-state index contributed by atoms with van der Waals surface area (Å²) in [6.07, 6.45) is 0.